The molecule has 5 rings (SSSR count). The number of ketones is 1. The van der Waals surface area contributed by atoms with Crippen LogP contribution in [-0.2, 0) is 9.59 Å². The van der Waals surface area contributed by atoms with Crippen molar-refractivity contribution in [1.29, 1.82) is 0 Å². The van der Waals surface area contributed by atoms with Crippen LogP contribution in [0.3, 0.4) is 0 Å². The summed E-state index contributed by atoms with van der Waals surface area (Å²) in [6.07, 6.45) is -5.01. The summed E-state index contributed by atoms with van der Waals surface area (Å²) in [5, 5.41) is 2.36. The molecule has 0 saturated carbocycles. The van der Waals surface area contributed by atoms with E-state index in [0.717, 1.165) is 27.4 Å². The third-order valence-corrected chi connectivity index (χ3v) is 7.74. The average Bonchev–Trinajstić information content (AvgIpc) is 3.26. The molecule has 182 valence electrons. The highest BCUT2D eigenvalue weighted by molar-refractivity contribution is 7.22. The maximum absolute atomic E-state index is 15.1. The molecule has 35 heavy (non-hydrogen) atoms. The van der Waals surface area contributed by atoms with E-state index in [-0.39, 0.29) is 23.7 Å². The predicted molar refractivity (Wildman–Crippen MR) is 130 cm³/mol. The number of halogens is 3. The highest BCUT2D eigenvalue weighted by Gasteiger charge is 2.71. The topological polar surface area (TPSA) is 62.3 Å². The zero-order valence-corrected chi connectivity index (χ0v) is 20.5. The van der Waals surface area contributed by atoms with Crippen LogP contribution in [0.2, 0.25) is 0 Å². The Bertz CT molecular complexity index is 1390. The number of allylic oxidation sites excluding steroid dienone is 1. The van der Waals surface area contributed by atoms with Crippen molar-refractivity contribution < 1.29 is 22.8 Å². The van der Waals surface area contributed by atoms with Crippen molar-refractivity contribution in [3.05, 3.63) is 64.9 Å². The number of hydrogen-bond donors (Lipinski definition) is 1. The van der Waals surface area contributed by atoms with E-state index in [4.69, 9.17) is 0 Å². The highest BCUT2D eigenvalue weighted by atomic mass is 32.1. The summed E-state index contributed by atoms with van der Waals surface area (Å²) in [5.41, 5.74) is -1.62. The first-order valence-corrected chi connectivity index (χ1v) is 12.0. The standard InChI is InChI=1S/C26H24F3N3O2S/c1-14-9-10-16(11-15(14)2)32-18-12-24(3,4)13-19(33)21(18)25(22(32)34,26(27,28)29)31-23-30-17-7-5-6-8-20(17)35-23/h5-11H,12-13H2,1-4H3,(H,30,31)/t25-/m0/s1. The van der Waals surface area contributed by atoms with Gasteiger partial charge in [0, 0.05) is 17.8 Å². The number of Topliss-reactive ketones (excluding diaryl/α,β-unsaturated/α-hetero) is 1. The van der Waals surface area contributed by atoms with E-state index in [1.165, 1.54) is 0 Å². The first-order chi connectivity index (χ1) is 16.3. The number of benzene rings is 2. The molecular formula is C26H24F3N3O2S. The van der Waals surface area contributed by atoms with Crippen molar-refractivity contribution in [2.45, 2.75) is 52.3 Å². The van der Waals surface area contributed by atoms with Crippen molar-refractivity contribution in [2.24, 2.45) is 5.41 Å². The smallest absolute Gasteiger partial charge is 0.336 e. The molecule has 5 nitrogen and oxygen atoms in total. The molecule has 3 aromatic rings. The Morgan fingerprint density at radius 2 is 1.74 bits per heavy atom. The van der Waals surface area contributed by atoms with Gasteiger partial charge in [-0.1, -0.05) is 43.4 Å². The maximum Gasteiger partial charge on any atom is 0.425 e. The number of para-hydroxylation sites is 1. The number of nitrogens with zero attached hydrogens (tertiary/aromatic N) is 2. The quantitative estimate of drug-likeness (QED) is 0.458. The van der Waals surface area contributed by atoms with Gasteiger partial charge in [-0.25, -0.2) is 4.98 Å². The molecule has 0 radical (unpaired) electrons. The molecule has 0 unspecified atom stereocenters. The molecule has 9 heteroatoms. The van der Waals surface area contributed by atoms with Crippen LogP contribution >= 0.6 is 11.3 Å². The fourth-order valence-corrected chi connectivity index (χ4v) is 5.90. The Kier molecular flexibility index (Phi) is 5.14. The predicted octanol–water partition coefficient (Wildman–Crippen LogP) is 6.32. The Balaban J connectivity index is 1.75. The van der Waals surface area contributed by atoms with E-state index < -0.39 is 34.4 Å². The number of carbonyl (C=O) groups is 2. The molecule has 1 atom stereocenters. The van der Waals surface area contributed by atoms with Gasteiger partial charge in [0.25, 0.3) is 5.91 Å². The molecule has 2 aromatic carbocycles. The molecular weight excluding hydrogens is 475 g/mol. The van der Waals surface area contributed by atoms with Crippen LogP contribution in [-0.4, -0.2) is 28.4 Å². The second-order valence-corrected chi connectivity index (χ2v) is 11.1. The minimum absolute atomic E-state index is 0.0664. The molecule has 1 amide bonds. The minimum Gasteiger partial charge on any atom is -0.336 e. The number of fused-ring (bicyclic) bond motifs is 1. The van der Waals surface area contributed by atoms with Gasteiger partial charge in [0.05, 0.1) is 15.8 Å². The van der Waals surface area contributed by atoms with Crippen LogP contribution in [0.5, 0.6) is 0 Å². The van der Waals surface area contributed by atoms with Crippen LogP contribution in [0, 0.1) is 19.3 Å². The van der Waals surface area contributed by atoms with Gasteiger partial charge in [-0.15, -0.1) is 0 Å². The molecule has 2 aliphatic rings. The van der Waals surface area contributed by atoms with Crippen molar-refractivity contribution in [3.63, 3.8) is 0 Å². The maximum atomic E-state index is 15.1. The lowest BCUT2D eigenvalue weighted by atomic mass is 9.72. The van der Waals surface area contributed by atoms with E-state index in [9.17, 15) is 9.59 Å². The number of amides is 1. The zero-order chi connectivity index (χ0) is 25.3. The molecule has 0 saturated heterocycles. The summed E-state index contributed by atoms with van der Waals surface area (Å²) in [7, 11) is 0. The number of aryl methyl sites for hydroxylation is 2. The summed E-state index contributed by atoms with van der Waals surface area (Å²) < 4.78 is 45.8. The number of alkyl halides is 3. The number of hydrogen-bond acceptors (Lipinski definition) is 5. The number of carbonyl (C=O) groups excluding carboxylic acids is 2. The molecule has 2 heterocycles. The average molecular weight is 500 g/mol. The lowest BCUT2D eigenvalue weighted by Crippen LogP contribution is -2.61. The molecule has 0 spiro atoms. The van der Waals surface area contributed by atoms with E-state index in [1.54, 1.807) is 42.5 Å². The number of thiazole rings is 1. The molecule has 1 N–H and O–H groups in total. The van der Waals surface area contributed by atoms with Gasteiger partial charge in [0.2, 0.25) is 5.54 Å². The van der Waals surface area contributed by atoms with E-state index in [1.807, 2.05) is 27.7 Å². The van der Waals surface area contributed by atoms with Crippen LogP contribution < -0.4 is 10.2 Å². The third-order valence-electron chi connectivity index (χ3n) is 6.78. The van der Waals surface area contributed by atoms with Gasteiger partial charge in [-0.2, -0.15) is 13.2 Å². The molecule has 1 aliphatic carbocycles. The van der Waals surface area contributed by atoms with Crippen molar-refractivity contribution in [1.82, 2.24) is 4.98 Å². The van der Waals surface area contributed by atoms with Crippen molar-refractivity contribution in [3.8, 4) is 0 Å². The number of aromatic nitrogens is 1. The highest BCUT2D eigenvalue weighted by Crippen LogP contribution is 2.54. The molecule has 0 bridgehead atoms. The van der Waals surface area contributed by atoms with Crippen molar-refractivity contribution in [2.75, 3.05) is 10.2 Å². The van der Waals surface area contributed by atoms with Gasteiger partial charge in [0.1, 0.15) is 0 Å². The van der Waals surface area contributed by atoms with Gasteiger partial charge in [-0.05, 0) is 61.1 Å². The Morgan fingerprint density at radius 1 is 1.03 bits per heavy atom. The van der Waals surface area contributed by atoms with E-state index in [2.05, 4.69) is 10.3 Å². The first-order valence-electron chi connectivity index (χ1n) is 11.2. The normalized spacial score (nSPS) is 22.2. The zero-order valence-electron chi connectivity index (χ0n) is 19.7. The van der Waals surface area contributed by atoms with Crippen molar-refractivity contribution >= 4 is 44.1 Å². The van der Waals surface area contributed by atoms with Crippen LogP contribution in [0.15, 0.2) is 53.7 Å². The van der Waals surface area contributed by atoms with Crippen LogP contribution in [0.25, 0.3) is 10.2 Å². The monoisotopic (exact) mass is 499 g/mol. The Labute approximate surface area is 204 Å². The number of nitrogens with one attached hydrogen (secondary N) is 1. The third kappa shape index (κ3) is 3.55. The van der Waals surface area contributed by atoms with E-state index >= 15 is 13.2 Å². The molecule has 1 aromatic heterocycles. The summed E-state index contributed by atoms with van der Waals surface area (Å²) in [6, 6.07) is 12.0. The summed E-state index contributed by atoms with van der Waals surface area (Å²) in [4.78, 5) is 32.7. The number of rotatable bonds is 3. The summed E-state index contributed by atoms with van der Waals surface area (Å²) in [5.74, 6) is -1.91. The Morgan fingerprint density at radius 3 is 2.40 bits per heavy atom. The Hall–Kier alpha value is -3.20. The fraction of sp³-hybridized carbons (Fsp3) is 0.346. The van der Waals surface area contributed by atoms with Crippen LogP contribution in [0.1, 0.15) is 37.8 Å². The SMILES string of the molecule is Cc1ccc(N2C(=O)[C@](Nc3nc4ccccc4s3)(C(F)(F)F)C3=C2CC(C)(C)CC3=O)cc1C. The largest absolute Gasteiger partial charge is 0.425 e. The van der Waals surface area contributed by atoms with Gasteiger partial charge >= 0.3 is 6.18 Å². The van der Waals surface area contributed by atoms with Gasteiger partial charge in [-0.3, -0.25) is 14.5 Å². The number of anilines is 2. The fourth-order valence-electron chi connectivity index (χ4n) is 4.98. The second kappa shape index (κ2) is 7.65. The second-order valence-electron chi connectivity index (χ2n) is 10.0. The first kappa shape index (κ1) is 23.5. The molecule has 0 fully saturated rings. The summed E-state index contributed by atoms with van der Waals surface area (Å²) >= 11 is 1.02. The molecule has 1 aliphatic heterocycles. The minimum atomic E-state index is -5.09. The lowest BCUT2D eigenvalue weighted by Gasteiger charge is -2.35. The van der Waals surface area contributed by atoms with Crippen LogP contribution in [0.4, 0.5) is 24.0 Å². The van der Waals surface area contributed by atoms with Gasteiger partial charge in [0.15, 0.2) is 10.9 Å². The van der Waals surface area contributed by atoms with Gasteiger partial charge < -0.3 is 5.32 Å². The summed E-state index contributed by atoms with van der Waals surface area (Å²) in [6.45, 7) is 7.37. The van der Waals surface area contributed by atoms with E-state index in [0.29, 0.717) is 15.9 Å². The lowest BCUT2D eigenvalue weighted by molar-refractivity contribution is -0.175.